The maximum Gasteiger partial charge on any atom is 0.0393 e. The van der Waals surface area contributed by atoms with Gasteiger partial charge in [0.05, 0.1) is 0 Å². The predicted octanol–water partition coefficient (Wildman–Crippen LogP) is 3.67. The van der Waals surface area contributed by atoms with Gasteiger partial charge in [-0.15, -0.1) is 0 Å². The van der Waals surface area contributed by atoms with Crippen LogP contribution in [0.2, 0.25) is 0 Å². The van der Waals surface area contributed by atoms with Crippen molar-refractivity contribution in [1.82, 2.24) is 0 Å². The lowest BCUT2D eigenvalue weighted by atomic mass is 9.82. The second-order valence-corrected chi connectivity index (χ2v) is 6.52. The molecule has 1 fully saturated rings. The van der Waals surface area contributed by atoms with Crippen molar-refractivity contribution >= 4 is 11.4 Å². The van der Waals surface area contributed by atoms with Gasteiger partial charge in [0.2, 0.25) is 0 Å². The first-order valence-electron chi connectivity index (χ1n) is 7.26. The molecule has 2 aliphatic heterocycles. The SMILES string of the molecule is CC1(C)CCN(c2ccc3c(c2)NCCC3)CC1. The van der Waals surface area contributed by atoms with Crippen LogP contribution >= 0.6 is 0 Å². The Balaban J connectivity index is 1.77. The largest absolute Gasteiger partial charge is 0.385 e. The number of benzene rings is 1. The van der Waals surface area contributed by atoms with E-state index in [1.807, 2.05) is 0 Å². The van der Waals surface area contributed by atoms with Gasteiger partial charge in [-0.25, -0.2) is 0 Å². The van der Waals surface area contributed by atoms with Gasteiger partial charge >= 0.3 is 0 Å². The standard InChI is InChI=1S/C16H24N2/c1-16(2)7-10-18(11-8-16)14-6-5-13-4-3-9-17-15(13)12-14/h5-6,12,17H,3-4,7-11H2,1-2H3. The fourth-order valence-electron chi connectivity index (χ4n) is 3.02. The molecular weight excluding hydrogens is 220 g/mol. The van der Waals surface area contributed by atoms with Gasteiger partial charge in [-0.1, -0.05) is 19.9 Å². The second-order valence-electron chi connectivity index (χ2n) is 6.52. The molecule has 0 atom stereocenters. The topological polar surface area (TPSA) is 15.3 Å². The van der Waals surface area contributed by atoms with E-state index >= 15 is 0 Å². The molecule has 1 N–H and O–H groups in total. The van der Waals surface area contributed by atoms with E-state index < -0.39 is 0 Å². The third kappa shape index (κ3) is 2.33. The Morgan fingerprint density at radius 1 is 1.17 bits per heavy atom. The van der Waals surface area contributed by atoms with E-state index in [9.17, 15) is 0 Å². The molecule has 0 amide bonds. The molecule has 98 valence electrons. The van der Waals surface area contributed by atoms with Crippen LogP contribution in [0, 0.1) is 5.41 Å². The van der Waals surface area contributed by atoms with Crippen LogP contribution in [0.4, 0.5) is 11.4 Å². The number of hydrogen-bond donors (Lipinski definition) is 1. The summed E-state index contributed by atoms with van der Waals surface area (Å²) < 4.78 is 0. The molecule has 1 aromatic rings. The average molecular weight is 244 g/mol. The Labute approximate surface area is 110 Å². The Morgan fingerprint density at radius 3 is 2.72 bits per heavy atom. The molecule has 3 rings (SSSR count). The molecule has 18 heavy (non-hydrogen) atoms. The first-order valence-corrected chi connectivity index (χ1v) is 7.26. The van der Waals surface area contributed by atoms with E-state index in [4.69, 9.17) is 0 Å². The van der Waals surface area contributed by atoms with Gasteiger partial charge < -0.3 is 10.2 Å². The Hall–Kier alpha value is -1.18. The summed E-state index contributed by atoms with van der Waals surface area (Å²) >= 11 is 0. The van der Waals surface area contributed by atoms with Crippen LogP contribution in [0.3, 0.4) is 0 Å². The molecule has 0 radical (unpaired) electrons. The lowest BCUT2D eigenvalue weighted by molar-refractivity contribution is 0.280. The quantitative estimate of drug-likeness (QED) is 0.811. The van der Waals surface area contributed by atoms with Crippen LogP contribution in [-0.2, 0) is 6.42 Å². The fraction of sp³-hybridized carbons (Fsp3) is 0.625. The zero-order valence-electron chi connectivity index (χ0n) is 11.6. The number of nitrogens with zero attached hydrogens (tertiary/aromatic N) is 1. The number of aryl methyl sites for hydroxylation is 1. The minimum Gasteiger partial charge on any atom is -0.385 e. The van der Waals surface area contributed by atoms with Crippen LogP contribution in [0.1, 0.15) is 38.7 Å². The number of nitrogens with one attached hydrogen (secondary N) is 1. The van der Waals surface area contributed by atoms with Gasteiger partial charge in [0.15, 0.2) is 0 Å². The van der Waals surface area contributed by atoms with Crippen molar-refractivity contribution in [3.8, 4) is 0 Å². The van der Waals surface area contributed by atoms with Crippen molar-refractivity contribution < 1.29 is 0 Å². The van der Waals surface area contributed by atoms with Gasteiger partial charge in [0.25, 0.3) is 0 Å². The maximum atomic E-state index is 3.53. The first-order chi connectivity index (χ1) is 8.64. The van der Waals surface area contributed by atoms with E-state index in [0.717, 1.165) is 6.54 Å². The molecule has 2 nitrogen and oxygen atoms in total. The van der Waals surface area contributed by atoms with Crippen molar-refractivity contribution in [3.05, 3.63) is 23.8 Å². The maximum absolute atomic E-state index is 3.53. The second kappa shape index (κ2) is 4.49. The molecule has 1 aromatic carbocycles. The summed E-state index contributed by atoms with van der Waals surface area (Å²) in [6, 6.07) is 6.98. The molecule has 0 spiro atoms. The van der Waals surface area contributed by atoms with E-state index in [0.29, 0.717) is 5.41 Å². The van der Waals surface area contributed by atoms with E-state index in [-0.39, 0.29) is 0 Å². The highest BCUT2D eigenvalue weighted by Crippen LogP contribution is 2.34. The molecule has 0 unspecified atom stereocenters. The third-order valence-electron chi connectivity index (χ3n) is 4.51. The number of piperidine rings is 1. The molecule has 1 saturated heterocycles. The molecule has 0 aromatic heterocycles. The Morgan fingerprint density at radius 2 is 1.94 bits per heavy atom. The van der Waals surface area contributed by atoms with Crippen LogP contribution in [0.25, 0.3) is 0 Å². The van der Waals surface area contributed by atoms with Gasteiger partial charge in [-0.2, -0.15) is 0 Å². The molecule has 0 saturated carbocycles. The van der Waals surface area contributed by atoms with Crippen molar-refractivity contribution in [1.29, 1.82) is 0 Å². The molecule has 2 heteroatoms. The summed E-state index contributed by atoms with van der Waals surface area (Å²) in [5, 5.41) is 3.53. The van der Waals surface area contributed by atoms with E-state index in [1.165, 1.54) is 55.7 Å². The van der Waals surface area contributed by atoms with Gasteiger partial charge in [-0.05, 0) is 48.8 Å². The highest BCUT2D eigenvalue weighted by molar-refractivity contribution is 5.63. The summed E-state index contributed by atoms with van der Waals surface area (Å²) in [6.45, 7) is 8.30. The number of fused-ring (bicyclic) bond motifs is 1. The van der Waals surface area contributed by atoms with Crippen molar-refractivity contribution in [3.63, 3.8) is 0 Å². The zero-order chi connectivity index (χ0) is 12.6. The van der Waals surface area contributed by atoms with Crippen LogP contribution in [0.15, 0.2) is 18.2 Å². The lowest BCUT2D eigenvalue weighted by Crippen LogP contribution is -2.37. The summed E-state index contributed by atoms with van der Waals surface area (Å²) in [6.07, 6.45) is 5.11. The Kier molecular flexibility index (Phi) is 2.96. The average Bonchev–Trinajstić information content (AvgIpc) is 2.38. The molecule has 0 aliphatic carbocycles. The van der Waals surface area contributed by atoms with E-state index in [1.54, 1.807) is 0 Å². The van der Waals surface area contributed by atoms with Crippen molar-refractivity contribution in [2.75, 3.05) is 29.9 Å². The highest BCUT2D eigenvalue weighted by atomic mass is 15.1. The van der Waals surface area contributed by atoms with Crippen LogP contribution in [-0.4, -0.2) is 19.6 Å². The predicted molar refractivity (Wildman–Crippen MR) is 78.5 cm³/mol. The smallest absolute Gasteiger partial charge is 0.0393 e. The van der Waals surface area contributed by atoms with E-state index in [2.05, 4.69) is 42.3 Å². The first kappa shape index (κ1) is 11.9. The summed E-state index contributed by atoms with van der Waals surface area (Å²) in [4.78, 5) is 2.54. The van der Waals surface area contributed by atoms with Gasteiger partial charge in [0.1, 0.15) is 0 Å². The lowest BCUT2D eigenvalue weighted by Gasteiger charge is -2.38. The zero-order valence-corrected chi connectivity index (χ0v) is 11.6. The summed E-state index contributed by atoms with van der Waals surface area (Å²) in [5.74, 6) is 0. The monoisotopic (exact) mass is 244 g/mol. The Bertz CT molecular complexity index is 427. The van der Waals surface area contributed by atoms with Crippen LogP contribution in [0.5, 0.6) is 0 Å². The number of anilines is 2. The third-order valence-corrected chi connectivity index (χ3v) is 4.51. The minimum atomic E-state index is 0.531. The fourth-order valence-corrected chi connectivity index (χ4v) is 3.02. The minimum absolute atomic E-state index is 0.531. The molecule has 2 heterocycles. The number of rotatable bonds is 1. The molecule has 2 aliphatic rings. The molecular formula is C16H24N2. The van der Waals surface area contributed by atoms with Crippen molar-refractivity contribution in [2.24, 2.45) is 5.41 Å². The highest BCUT2D eigenvalue weighted by Gasteiger charge is 2.25. The van der Waals surface area contributed by atoms with Crippen LogP contribution < -0.4 is 10.2 Å². The normalized spacial score (nSPS) is 22.2. The van der Waals surface area contributed by atoms with Gasteiger partial charge in [-0.3, -0.25) is 0 Å². The number of hydrogen-bond acceptors (Lipinski definition) is 2. The van der Waals surface area contributed by atoms with Crippen molar-refractivity contribution in [2.45, 2.75) is 39.5 Å². The molecule has 0 bridgehead atoms. The van der Waals surface area contributed by atoms with Gasteiger partial charge in [0, 0.05) is 31.0 Å². The summed E-state index contributed by atoms with van der Waals surface area (Å²) in [5.41, 5.74) is 4.78. The summed E-state index contributed by atoms with van der Waals surface area (Å²) in [7, 11) is 0.